The monoisotopic (exact) mass is 248 g/mol. The van der Waals surface area contributed by atoms with Crippen LogP contribution in [0.4, 0.5) is 0 Å². The SMILES string of the molecule is CCC(S(=O)(=O)[O-])S(=O)(=O)[O-].[Na+].[Na+]. The van der Waals surface area contributed by atoms with Crippen molar-refractivity contribution in [2.75, 3.05) is 0 Å². The van der Waals surface area contributed by atoms with E-state index in [1.807, 2.05) is 0 Å². The van der Waals surface area contributed by atoms with Crippen molar-refractivity contribution >= 4 is 20.2 Å². The summed E-state index contributed by atoms with van der Waals surface area (Å²) < 4.78 is 58.1. The van der Waals surface area contributed by atoms with E-state index in [0.717, 1.165) is 6.92 Å². The van der Waals surface area contributed by atoms with E-state index in [2.05, 4.69) is 0 Å². The Labute approximate surface area is 122 Å². The summed E-state index contributed by atoms with van der Waals surface area (Å²) in [7, 11) is -10.0. The fourth-order valence-corrected chi connectivity index (χ4v) is 2.52. The van der Waals surface area contributed by atoms with Crippen molar-refractivity contribution < 1.29 is 85.1 Å². The first-order valence-corrected chi connectivity index (χ1v) is 5.53. The zero-order chi connectivity index (χ0) is 9.28. The van der Waals surface area contributed by atoms with Gasteiger partial charge in [0.25, 0.3) is 0 Å². The first-order valence-electron chi connectivity index (χ1n) is 2.59. The third-order valence-electron chi connectivity index (χ3n) is 0.977. The molecule has 0 saturated heterocycles. The molecular weight excluding hydrogens is 242 g/mol. The molecule has 0 heterocycles. The maximum atomic E-state index is 10.1. The van der Waals surface area contributed by atoms with Crippen molar-refractivity contribution in [1.29, 1.82) is 0 Å². The minimum absolute atomic E-state index is 0. The Morgan fingerprint density at radius 1 is 1.00 bits per heavy atom. The van der Waals surface area contributed by atoms with Gasteiger partial charge in [0.05, 0.1) is 0 Å². The second-order valence-electron chi connectivity index (χ2n) is 1.82. The molecule has 0 spiro atoms. The van der Waals surface area contributed by atoms with E-state index in [9.17, 15) is 25.9 Å². The molecule has 0 rings (SSSR count). The zero-order valence-electron chi connectivity index (χ0n) is 7.55. The van der Waals surface area contributed by atoms with Crippen molar-refractivity contribution in [2.45, 2.75) is 17.9 Å². The Morgan fingerprint density at radius 2 is 1.23 bits per heavy atom. The first kappa shape index (κ1) is 20.3. The van der Waals surface area contributed by atoms with E-state index in [-0.39, 0.29) is 59.1 Å². The van der Waals surface area contributed by atoms with Gasteiger partial charge in [-0.05, 0) is 6.42 Å². The predicted octanol–water partition coefficient (Wildman–Crippen LogP) is -7.18. The van der Waals surface area contributed by atoms with Gasteiger partial charge in [-0.1, -0.05) is 6.92 Å². The van der Waals surface area contributed by atoms with E-state index in [0.29, 0.717) is 0 Å². The van der Waals surface area contributed by atoms with Crippen LogP contribution in [0.1, 0.15) is 13.3 Å². The molecule has 0 aromatic rings. The zero-order valence-corrected chi connectivity index (χ0v) is 13.2. The maximum Gasteiger partial charge on any atom is 1.00 e. The summed E-state index contributed by atoms with van der Waals surface area (Å²) in [6.45, 7) is 1.13. The van der Waals surface area contributed by atoms with Crippen LogP contribution in [0.3, 0.4) is 0 Å². The molecule has 0 saturated carbocycles. The second kappa shape index (κ2) is 7.15. The summed E-state index contributed by atoms with van der Waals surface area (Å²) in [6.07, 6.45) is -0.516. The molecule has 0 aromatic carbocycles. The van der Waals surface area contributed by atoms with Crippen LogP contribution >= 0.6 is 0 Å². The molecule has 0 aliphatic carbocycles. The summed E-state index contributed by atoms with van der Waals surface area (Å²) in [4.78, 5) is 0. The Bertz CT molecular complexity index is 286. The van der Waals surface area contributed by atoms with Crippen LogP contribution in [0.2, 0.25) is 0 Å². The van der Waals surface area contributed by atoms with Crippen LogP contribution in [0.5, 0.6) is 0 Å². The number of rotatable bonds is 3. The van der Waals surface area contributed by atoms with E-state index in [1.165, 1.54) is 0 Å². The van der Waals surface area contributed by atoms with Crippen molar-refractivity contribution in [3.05, 3.63) is 0 Å². The van der Waals surface area contributed by atoms with Crippen LogP contribution in [0.15, 0.2) is 0 Å². The number of hydrogen-bond donors (Lipinski definition) is 0. The Balaban J connectivity index is -0.000000500. The Kier molecular flexibility index (Phi) is 11.1. The van der Waals surface area contributed by atoms with Gasteiger partial charge in [0.1, 0.15) is 24.8 Å². The molecule has 0 bridgehead atoms. The second-order valence-corrected chi connectivity index (χ2v) is 5.23. The smallest absolute Gasteiger partial charge is 0.747 e. The predicted molar refractivity (Wildman–Crippen MR) is 33.5 cm³/mol. The molecule has 6 nitrogen and oxygen atoms in total. The molecule has 13 heavy (non-hydrogen) atoms. The maximum absolute atomic E-state index is 10.1. The van der Waals surface area contributed by atoms with E-state index >= 15 is 0 Å². The van der Waals surface area contributed by atoms with Crippen LogP contribution in [-0.2, 0) is 20.2 Å². The Morgan fingerprint density at radius 3 is 1.23 bits per heavy atom. The standard InChI is InChI=1S/C3H8O6S2.2Na/c1-2-3(10(4,5)6)11(7,8)9;;/h3H,2H2,1H3,(H,4,5,6)(H,7,8,9);;/q;2*+1/p-2. The molecule has 0 atom stereocenters. The molecule has 0 aliphatic rings. The molecule has 68 valence electrons. The van der Waals surface area contributed by atoms with E-state index < -0.39 is 31.2 Å². The van der Waals surface area contributed by atoms with Gasteiger partial charge in [0.15, 0.2) is 0 Å². The first-order chi connectivity index (χ1) is 4.69. The van der Waals surface area contributed by atoms with Gasteiger partial charge in [0.2, 0.25) is 0 Å². The summed E-state index contributed by atoms with van der Waals surface area (Å²) in [5.41, 5.74) is 0. The minimum atomic E-state index is -5.02. The molecule has 0 amide bonds. The summed E-state index contributed by atoms with van der Waals surface area (Å²) in [6, 6.07) is 0. The van der Waals surface area contributed by atoms with Crippen LogP contribution in [0, 0.1) is 0 Å². The van der Waals surface area contributed by atoms with Crippen molar-refractivity contribution in [1.82, 2.24) is 0 Å². The normalized spacial score (nSPS) is 11.7. The largest absolute Gasteiger partial charge is 1.00 e. The van der Waals surface area contributed by atoms with Gasteiger partial charge in [0, 0.05) is 0 Å². The van der Waals surface area contributed by atoms with Gasteiger partial charge >= 0.3 is 59.1 Å². The molecule has 0 aliphatic heterocycles. The molecule has 0 fully saturated rings. The summed E-state index contributed by atoms with van der Waals surface area (Å²) in [5.74, 6) is 0. The van der Waals surface area contributed by atoms with Gasteiger partial charge in [-0.15, -0.1) is 0 Å². The van der Waals surface area contributed by atoms with Gasteiger partial charge < -0.3 is 9.11 Å². The summed E-state index contributed by atoms with van der Waals surface area (Å²) in [5, 5.41) is 0. The van der Waals surface area contributed by atoms with Gasteiger partial charge in [-0.25, -0.2) is 16.8 Å². The fourth-order valence-electron chi connectivity index (χ4n) is 0.553. The van der Waals surface area contributed by atoms with Crippen molar-refractivity contribution in [3.63, 3.8) is 0 Å². The molecule has 0 unspecified atom stereocenters. The van der Waals surface area contributed by atoms with Crippen LogP contribution < -0.4 is 59.1 Å². The number of hydrogen-bond acceptors (Lipinski definition) is 6. The quantitative estimate of drug-likeness (QED) is 0.362. The van der Waals surface area contributed by atoms with Crippen molar-refractivity contribution in [2.24, 2.45) is 0 Å². The average molecular weight is 248 g/mol. The van der Waals surface area contributed by atoms with E-state index in [4.69, 9.17) is 0 Å². The molecule has 0 aromatic heterocycles. The third-order valence-corrected chi connectivity index (χ3v) is 4.35. The topological polar surface area (TPSA) is 114 Å². The van der Waals surface area contributed by atoms with Gasteiger partial charge in [-0.2, -0.15) is 0 Å². The third kappa shape index (κ3) is 7.71. The Hall–Kier alpha value is 1.82. The molecule has 0 N–H and O–H groups in total. The molecule has 0 radical (unpaired) electrons. The van der Waals surface area contributed by atoms with E-state index in [1.54, 1.807) is 0 Å². The van der Waals surface area contributed by atoms with Crippen LogP contribution in [0.25, 0.3) is 0 Å². The van der Waals surface area contributed by atoms with Gasteiger partial charge in [-0.3, -0.25) is 0 Å². The van der Waals surface area contributed by atoms with Crippen molar-refractivity contribution in [3.8, 4) is 0 Å². The van der Waals surface area contributed by atoms with Crippen LogP contribution in [-0.4, -0.2) is 30.5 Å². The molecule has 10 heteroatoms. The average Bonchev–Trinajstić information content (AvgIpc) is 1.56. The summed E-state index contributed by atoms with van der Waals surface area (Å²) >= 11 is 0. The molecular formula is C3H6Na2O6S2. The fraction of sp³-hybridized carbons (Fsp3) is 1.00. The minimum Gasteiger partial charge on any atom is -0.747 e.